The van der Waals surface area contributed by atoms with Gasteiger partial charge in [-0.1, -0.05) is 12.1 Å². The summed E-state index contributed by atoms with van der Waals surface area (Å²) in [6, 6.07) is 11.3. The van der Waals surface area contributed by atoms with Crippen LogP contribution >= 0.6 is 0 Å². The molecule has 0 N–H and O–H groups in total. The highest BCUT2D eigenvalue weighted by molar-refractivity contribution is 5.96. The van der Waals surface area contributed by atoms with Crippen molar-refractivity contribution in [2.75, 3.05) is 13.7 Å². The van der Waals surface area contributed by atoms with Crippen LogP contribution in [0.4, 0.5) is 0 Å². The summed E-state index contributed by atoms with van der Waals surface area (Å²) in [7, 11) is 1.65. The van der Waals surface area contributed by atoms with Crippen molar-refractivity contribution in [1.29, 1.82) is 0 Å². The van der Waals surface area contributed by atoms with Crippen molar-refractivity contribution < 1.29 is 14.3 Å². The summed E-state index contributed by atoms with van der Waals surface area (Å²) in [5.41, 5.74) is 3.43. The van der Waals surface area contributed by atoms with Crippen LogP contribution in [0.5, 0.6) is 11.6 Å². The predicted octanol–water partition coefficient (Wildman–Crippen LogP) is 3.03. The number of nitrogens with zero attached hydrogens (tertiary/aromatic N) is 4. The number of carbonyl (C=O) groups is 1. The lowest BCUT2D eigenvalue weighted by Gasteiger charge is -2.16. The summed E-state index contributed by atoms with van der Waals surface area (Å²) in [6.07, 6.45) is 4.07. The van der Waals surface area contributed by atoms with Gasteiger partial charge in [0.15, 0.2) is 0 Å². The van der Waals surface area contributed by atoms with Crippen molar-refractivity contribution in [2.45, 2.75) is 26.4 Å². The van der Waals surface area contributed by atoms with E-state index in [0.29, 0.717) is 37.6 Å². The number of fused-ring (bicyclic) bond motifs is 1. The zero-order valence-electron chi connectivity index (χ0n) is 16.5. The van der Waals surface area contributed by atoms with Crippen molar-refractivity contribution in [3.8, 4) is 11.6 Å². The van der Waals surface area contributed by atoms with Crippen LogP contribution in [-0.2, 0) is 19.5 Å². The molecule has 0 bridgehead atoms. The summed E-state index contributed by atoms with van der Waals surface area (Å²) in [6.45, 7) is 3.26. The Kier molecular flexibility index (Phi) is 5.37. The van der Waals surface area contributed by atoms with E-state index in [2.05, 4.69) is 9.97 Å². The molecule has 0 atom stereocenters. The lowest BCUT2D eigenvalue weighted by Crippen LogP contribution is -2.26. The molecule has 29 heavy (non-hydrogen) atoms. The van der Waals surface area contributed by atoms with E-state index in [1.54, 1.807) is 30.3 Å². The van der Waals surface area contributed by atoms with Crippen molar-refractivity contribution in [1.82, 2.24) is 19.9 Å². The third-order valence-electron chi connectivity index (χ3n) is 4.80. The maximum atomic E-state index is 13.0. The third-order valence-corrected chi connectivity index (χ3v) is 4.80. The van der Waals surface area contributed by atoms with Crippen LogP contribution < -0.4 is 9.47 Å². The molecule has 4 rings (SSSR count). The van der Waals surface area contributed by atoms with Crippen molar-refractivity contribution >= 4 is 5.91 Å². The number of aromatic nitrogens is 3. The van der Waals surface area contributed by atoms with E-state index in [1.165, 1.54) is 0 Å². The van der Waals surface area contributed by atoms with E-state index in [9.17, 15) is 4.79 Å². The fourth-order valence-corrected chi connectivity index (χ4v) is 3.33. The average Bonchev–Trinajstić information content (AvgIpc) is 3.18. The molecule has 0 aliphatic carbocycles. The largest absolute Gasteiger partial charge is 0.497 e. The lowest BCUT2D eigenvalue weighted by atomic mass is 10.1. The fourth-order valence-electron chi connectivity index (χ4n) is 3.33. The molecule has 1 aliphatic heterocycles. The van der Waals surface area contributed by atoms with Crippen LogP contribution in [0.3, 0.4) is 0 Å². The standard InChI is InChI=1S/C22H22N4O3/c1-3-29-21-18(5-4-10-23-21)22(27)26-13-16-12-24-20(25-19(16)14-26)11-15-6-8-17(28-2)9-7-15/h4-10,12H,3,11,13-14H2,1-2H3. The molecule has 0 spiro atoms. The third kappa shape index (κ3) is 4.03. The molecule has 148 valence electrons. The normalized spacial score (nSPS) is 12.6. The first-order valence-corrected chi connectivity index (χ1v) is 9.51. The smallest absolute Gasteiger partial charge is 0.260 e. The van der Waals surface area contributed by atoms with Gasteiger partial charge in [0.25, 0.3) is 5.91 Å². The van der Waals surface area contributed by atoms with Gasteiger partial charge in [-0.2, -0.15) is 0 Å². The fraction of sp³-hybridized carbons (Fsp3) is 0.273. The van der Waals surface area contributed by atoms with Gasteiger partial charge in [0.05, 0.1) is 26.0 Å². The maximum absolute atomic E-state index is 13.0. The molecule has 0 saturated heterocycles. The second-order valence-electron chi connectivity index (χ2n) is 6.73. The van der Waals surface area contributed by atoms with Crippen molar-refractivity contribution in [3.05, 3.63) is 77.0 Å². The molecule has 2 aromatic heterocycles. The molecule has 0 unspecified atom stereocenters. The van der Waals surface area contributed by atoms with Gasteiger partial charge in [-0.25, -0.2) is 15.0 Å². The van der Waals surface area contributed by atoms with E-state index >= 15 is 0 Å². The number of ether oxygens (including phenoxy) is 2. The Labute approximate surface area is 169 Å². The second kappa shape index (κ2) is 8.26. The van der Waals surface area contributed by atoms with Crippen molar-refractivity contribution in [3.63, 3.8) is 0 Å². The topological polar surface area (TPSA) is 77.4 Å². The Morgan fingerprint density at radius 2 is 1.97 bits per heavy atom. The van der Waals surface area contributed by atoms with Crippen LogP contribution in [-0.4, -0.2) is 39.5 Å². The molecular formula is C22H22N4O3. The molecule has 1 amide bonds. The Morgan fingerprint density at radius 1 is 1.14 bits per heavy atom. The van der Waals surface area contributed by atoms with Gasteiger partial charge in [0, 0.05) is 30.9 Å². The van der Waals surface area contributed by atoms with Crippen LogP contribution in [0.1, 0.15) is 39.9 Å². The lowest BCUT2D eigenvalue weighted by molar-refractivity contribution is 0.0745. The molecule has 0 fully saturated rings. The van der Waals surface area contributed by atoms with E-state index in [4.69, 9.17) is 14.5 Å². The Bertz CT molecular complexity index is 1020. The minimum Gasteiger partial charge on any atom is -0.497 e. The van der Waals surface area contributed by atoms with Gasteiger partial charge in [0.1, 0.15) is 17.1 Å². The molecule has 7 nitrogen and oxygen atoms in total. The van der Waals surface area contributed by atoms with Gasteiger partial charge in [0.2, 0.25) is 5.88 Å². The monoisotopic (exact) mass is 390 g/mol. The average molecular weight is 390 g/mol. The molecule has 0 saturated carbocycles. The van der Waals surface area contributed by atoms with Gasteiger partial charge in [-0.15, -0.1) is 0 Å². The Hall–Kier alpha value is -3.48. The number of carbonyl (C=O) groups excluding carboxylic acids is 1. The summed E-state index contributed by atoms with van der Waals surface area (Å²) < 4.78 is 10.7. The van der Waals surface area contributed by atoms with E-state index in [-0.39, 0.29) is 5.91 Å². The highest BCUT2D eigenvalue weighted by Crippen LogP contribution is 2.25. The molecule has 1 aliphatic rings. The zero-order chi connectivity index (χ0) is 20.2. The highest BCUT2D eigenvalue weighted by atomic mass is 16.5. The number of benzene rings is 1. The Balaban J connectivity index is 1.49. The first-order valence-electron chi connectivity index (χ1n) is 9.51. The molecule has 3 heterocycles. The quantitative estimate of drug-likeness (QED) is 0.644. The molecule has 3 aromatic rings. The number of hydrogen-bond acceptors (Lipinski definition) is 6. The molecule has 0 radical (unpaired) electrons. The zero-order valence-corrected chi connectivity index (χ0v) is 16.5. The Morgan fingerprint density at radius 3 is 2.72 bits per heavy atom. The number of rotatable bonds is 6. The van der Waals surface area contributed by atoms with Gasteiger partial charge in [-0.05, 0) is 36.8 Å². The second-order valence-corrected chi connectivity index (χ2v) is 6.73. The highest BCUT2D eigenvalue weighted by Gasteiger charge is 2.28. The SMILES string of the molecule is CCOc1ncccc1C(=O)N1Cc2cnc(Cc3ccc(OC)cc3)nc2C1. The molecular weight excluding hydrogens is 368 g/mol. The van der Waals surface area contributed by atoms with Gasteiger partial charge >= 0.3 is 0 Å². The van der Waals surface area contributed by atoms with Crippen molar-refractivity contribution in [2.24, 2.45) is 0 Å². The minimum atomic E-state index is -0.115. The molecule has 1 aromatic carbocycles. The van der Waals surface area contributed by atoms with Crippen LogP contribution in [0.25, 0.3) is 0 Å². The first-order chi connectivity index (χ1) is 14.2. The van der Waals surface area contributed by atoms with Crippen LogP contribution in [0.2, 0.25) is 0 Å². The van der Waals surface area contributed by atoms with E-state index < -0.39 is 0 Å². The number of pyridine rings is 1. The maximum Gasteiger partial charge on any atom is 0.260 e. The minimum absolute atomic E-state index is 0.115. The summed E-state index contributed by atoms with van der Waals surface area (Å²) in [5.74, 6) is 1.80. The predicted molar refractivity (Wildman–Crippen MR) is 107 cm³/mol. The van der Waals surface area contributed by atoms with Crippen LogP contribution in [0, 0.1) is 0 Å². The first kappa shape index (κ1) is 18.9. The van der Waals surface area contributed by atoms with Crippen LogP contribution in [0.15, 0.2) is 48.8 Å². The summed E-state index contributed by atoms with van der Waals surface area (Å²) in [4.78, 5) is 28.1. The number of methoxy groups -OCH3 is 1. The molecule has 7 heteroatoms. The number of amides is 1. The summed E-state index contributed by atoms with van der Waals surface area (Å²) in [5, 5.41) is 0. The summed E-state index contributed by atoms with van der Waals surface area (Å²) >= 11 is 0. The number of hydrogen-bond donors (Lipinski definition) is 0. The van der Waals surface area contributed by atoms with E-state index in [0.717, 1.165) is 28.4 Å². The van der Waals surface area contributed by atoms with E-state index in [1.807, 2.05) is 37.4 Å². The van der Waals surface area contributed by atoms with Gasteiger partial charge < -0.3 is 14.4 Å². The van der Waals surface area contributed by atoms with Gasteiger partial charge in [-0.3, -0.25) is 4.79 Å².